The molecule has 0 atom stereocenters. The third-order valence-electron chi connectivity index (χ3n) is 1.36. The molecule has 0 aromatic carbocycles. The van der Waals surface area contributed by atoms with Crippen molar-refractivity contribution >= 4 is 12.1 Å². The number of aromatic nitrogens is 3. The highest BCUT2D eigenvalue weighted by atomic mass is 16.1. The maximum Gasteiger partial charge on any atom is 0.245 e. The van der Waals surface area contributed by atoms with Crippen LogP contribution < -0.4 is 5.32 Å². The molecule has 0 spiro atoms. The molecular formula is C8H12N4O. The molecule has 0 radical (unpaired) electrons. The van der Waals surface area contributed by atoms with Gasteiger partial charge in [-0.05, 0) is 6.42 Å². The van der Waals surface area contributed by atoms with Crippen LogP contribution in [-0.4, -0.2) is 27.2 Å². The van der Waals surface area contributed by atoms with E-state index in [-0.39, 0.29) is 5.91 Å². The third-order valence-corrected chi connectivity index (χ3v) is 1.36. The molecule has 1 amide bonds. The van der Waals surface area contributed by atoms with Crippen LogP contribution >= 0.6 is 0 Å². The Balaban J connectivity index is 2.35. The van der Waals surface area contributed by atoms with Crippen molar-refractivity contribution in [2.45, 2.75) is 13.3 Å². The highest BCUT2D eigenvalue weighted by molar-refractivity contribution is 5.89. The fourth-order valence-electron chi connectivity index (χ4n) is 0.746. The zero-order valence-electron chi connectivity index (χ0n) is 7.47. The SMILES string of the molecule is CCCNC(=O)/C=C/n1cncn1. The van der Waals surface area contributed by atoms with E-state index >= 15 is 0 Å². The first-order valence-electron chi connectivity index (χ1n) is 4.13. The zero-order chi connectivity index (χ0) is 9.52. The van der Waals surface area contributed by atoms with Gasteiger partial charge in [0.1, 0.15) is 12.7 Å². The number of hydrogen-bond acceptors (Lipinski definition) is 3. The van der Waals surface area contributed by atoms with Crippen LogP contribution in [0.3, 0.4) is 0 Å². The van der Waals surface area contributed by atoms with E-state index in [9.17, 15) is 4.79 Å². The molecule has 0 aliphatic rings. The fourth-order valence-corrected chi connectivity index (χ4v) is 0.746. The van der Waals surface area contributed by atoms with Crippen LogP contribution in [0.15, 0.2) is 18.7 Å². The minimum Gasteiger partial charge on any atom is -0.353 e. The van der Waals surface area contributed by atoms with Gasteiger partial charge in [0.05, 0.1) is 0 Å². The predicted molar refractivity (Wildman–Crippen MR) is 48.7 cm³/mol. The van der Waals surface area contributed by atoms with Gasteiger partial charge in [-0.15, -0.1) is 0 Å². The zero-order valence-corrected chi connectivity index (χ0v) is 7.47. The van der Waals surface area contributed by atoms with Gasteiger partial charge in [0.2, 0.25) is 5.91 Å². The Morgan fingerprint density at radius 1 is 1.69 bits per heavy atom. The maximum absolute atomic E-state index is 11.0. The van der Waals surface area contributed by atoms with Gasteiger partial charge in [-0.25, -0.2) is 9.67 Å². The topological polar surface area (TPSA) is 59.8 Å². The van der Waals surface area contributed by atoms with Crippen molar-refractivity contribution in [3.05, 3.63) is 18.7 Å². The number of nitrogens with zero attached hydrogens (tertiary/aromatic N) is 3. The number of rotatable bonds is 4. The number of nitrogens with one attached hydrogen (secondary N) is 1. The molecule has 0 bridgehead atoms. The Morgan fingerprint density at radius 2 is 2.54 bits per heavy atom. The molecule has 1 aromatic heterocycles. The van der Waals surface area contributed by atoms with Crippen LogP contribution in [0, 0.1) is 0 Å². The van der Waals surface area contributed by atoms with Crippen LogP contribution in [0.1, 0.15) is 13.3 Å². The summed E-state index contributed by atoms with van der Waals surface area (Å²) in [6.07, 6.45) is 6.84. The average Bonchev–Trinajstić information content (AvgIpc) is 2.64. The summed E-state index contributed by atoms with van der Waals surface area (Å²) < 4.78 is 1.46. The van der Waals surface area contributed by atoms with Crippen LogP contribution in [0.2, 0.25) is 0 Å². The minimum atomic E-state index is -0.114. The second-order valence-electron chi connectivity index (χ2n) is 2.48. The molecule has 5 heteroatoms. The number of carbonyl (C=O) groups excluding carboxylic acids is 1. The number of hydrogen-bond donors (Lipinski definition) is 1. The van der Waals surface area contributed by atoms with Crippen molar-refractivity contribution in [2.24, 2.45) is 0 Å². The summed E-state index contributed by atoms with van der Waals surface area (Å²) in [7, 11) is 0. The normalized spacial score (nSPS) is 10.5. The van der Waals surface area contributed by atoms with Crippen molar-refractivity contribution in [1.29, 1.82) is 0 Å². The second kappa shape index (κ2) is 5.08. The summed E-state index contributed by atoms with van der Waals surface area (Å²) in [5.41, 5.74) is 0. The van der Waals surface area contributed by atoms with Gasteiger partial charge in [0.15, 0.2) is 0 Å². The van der Waals surface area contributed by atoms with E-state index in [0.717, 1.165) is 6.42 Å². The van der Waals surface area contributed by atoms with Crippen molar-refractivity contribution in [3.63, 3.8) is 0 Å². The highest BCUT2D eigenvalue weighted by Crippen LogP contribution is 1.82. The second-order valence-corrected chi connectivity index (χ2v) is 2.48. The van der Waals surface area contributed by atoms with Gasteiger partial charge >= 0.3 is 0 Å². The molecule has 0 fully saturated rings. The molecule has 1 N–H and O–H groups in total. The largest absolute Gasteiger partial charge is 0.353 e. The van der Waals surface area contributed by atoms with Crippen molar-refractivity contribution in [2.75, 3.05) is 6.54 Å². The molecule has 0 unspecified atom stereocenters. The van der Waals surface area contributed by atoms with Crippen LogP contribution in [0.5, 0.6) is 0 Å². The molecule has 0 saturated carbocycles. The first kappa shape index (κ1) is 9.44. The summed E-state index contributed by atoms with van der Waals surface area (Å²) in [6.45, 7) is 2.70. The Kier molecular flexibility index (Phi) is 3.69. The Bertz CT molecular complexity index is 278. The quantitative estimate of drug-likeness (QED) is 0.677. The lowest BCUT2D eigenvalue weighted by Gasteiger charge is -1.96. The molecule has 0 saturated heterocycles. The summed E-state index contributed by atoms with van der Waals surface area (Å²) in [5, 5.41) is 6.51. The number of amides is 1. The van der Waals surface area contributed by atoms with Crippen molar-refractivity contribution in [3.8, 4) is 0 Å². The van der Waals surface area contributed by atoms with E-state index in [1.165, 1.54) is 23.4 Å². The summed E-state index contributed by atoms with van der Waals surface area (Å²) in [4.78, 5) is 14.8. The summed E-state index contributed by atoms with van der Waals surface area (Å²) in [6, 6.07) is 0. The lowest BCUT2D eigenvalue weighted by molar-refractivity contribution is -0.116. The molecule has 1 rings (SSSR count). The average molecular weight is 180 g/mol. The van der Waals surface area contributed by atoms with Gasteiger partial charge in [-0.1, -0.05) is 6.92 Å². The van der Waals surface area contributed by atoms with Gasteiger partial charge < -0.3 is 5.32 Å². The molecular weight excluding hydrogens is 168 g/mol. The third kappa shape index (κ3) is 3.50. The summed E-state index contributed by atoms with van der Waals surface area (Å²) >= 11 is 0. The molecule has 0 aliphatic heterocycles. The van der Waals surface area contributed by atoms with E-state index in [1.807, 2.05) is 6.92 Å². The Hall–Kier alpha value is -1.65. The smallest absolute Gasteiger partial charge is 0.245 e. The fraction of sp³-hybridized carbons (Fsp3) is 0.375. The van der Waals surface area contributed by atoms with Crippen LogP contribution in [0.4, 0.5) is 0 Å². The van der Waals surface area contributed by atoms with Gasteiger partial charge in [-0.2, -0.15) is 5.10 Å². The van der Waals surface area contributed by atoms with E-state index in [0.29, 0.717) is 6.54 Å². The molecule has 0 aliphatic carbocycles. The molecule has 1 aromatic rings. The Labute approximate surface area is 76.5 Å². The van der Waals surface area contributed by atoms with Gasteiger partial charge in [-0.3, -0.25) is 4.79 Å². The standard InChI is InChI=1S/C8H12N4O/c1-2-4-10-8(13)3-5-12-7-9-6-11-12/h3,5-7H,2,4H2,1H3,(H,10,13)/b5-3+. The van der Waals surface area contributed by atoms with Crippen LogP contribution in [-0.2, 0) is 4.79 Å². The molecule has 1 heterocycles. The van der Waals surface area contributed by atoms with Gasteiger partial charge in [0.25, 0.3) is 0 Å². The van der Waals surface area contributed by atoms with E-state index in [2.05, 4.69) is 15.4 Å². The summed E-state index contributed by atoms with van der Waals surface area (Å²) in [5.74, 6) is -0.114. The highest BCUT2D eigenvalue weighted by Gasteiger charge is 1.91. The lowest BCUT2D eigenvalue weighted by atomic mass is 10.4. The molecule has 5 nitrogen and oxygen atoms in total. The van der Waals surface area contributed by atoms with Crippen molar-refractivity contribution < 1.29 is 4.79 Å². The van der Waals surface area contributed by atoms with E-state index in [4.69, 9.17) is 0 Å². The van der Waals surface area contributed by atoms with Crippen molar-refractivity contribution in [1.82, 2.24) is 20.1 Å². The van der Waals surface area contributed by atoms with E-state index in [1.54, 1.807) is 6.20 Å². The molecule has 13 heavy (non-hydrogen) atoms. The Morgan fingerprint density at radius 3 is 3.15 bits per heavy atom. The maximum atomic E-state index is 11.0. The minimum absolute atomic E-state index is 0.114. The van der Waals surface area contributed by atoms with Gasteiger partial charge in [0, 0.05) is 18.8 Å². The molecule has 70 valence electrons. The first-order valence-corrected chi connectivity index (χ1v) is 4.13. The predicted octanol–water partition coefficient (Wildman–Crippen LogP) is 0.275. The monoisotopic (exact) mass is 180 g/mol. The number of carbonyl (C=O) groups is 1. The first-order chi connectivity index (χ1) is 6.33. The lowest BCUT2D eigenvalue weighted by Crippen LogP contribution is -2.21. The van der Waals surface area contributed by atoms with Crippen LogP contribution in [0.25, 0.3) is 6.20 Å². The van der Waals surface area contributed by atoms with E-state index < -0.39 is 0 Å².